The Bertz CT molecular complexity index is 905. The van der Waals surface area contributed by atoms with Gasteiger partial charge in [0.1, 0.15) is 5.75 Å². The Hall–Kier alpha value is -2.47. The minimum atomic E-state index is -0.218. The van der Waals surface area contributed by atoms with E-state index in [2.05, 4.69) is 0 Å². The van der Waals surface area contributed by atoms with Gasteiger partial charge >= 0.3 is 0 Å². The third-order valence-corrected chi connectivity index (χ3v) is 7.42. The van der Waals surface area contributed by atoms with E-state index in [4.69, 9.17) is 4.74 Å². The largest absolute Gasteiger partial charge is 0.497 e. The summed E-state index contributed by atoms with van der Waals surface area (Å²) in [6, 6.07) is 15.1. The molecule has 0 N–H and O–H groups in total. The fraction of sp³-hybridized carbons (Fsp3) is 0.391. The summed E-state index contributed by atoms with van der Waals surface area (Å²) in [5.41, 5.74) is 2.53. The van der Waals surface area contributed by atoms with Crippen molar-refractivity contribution in [1.29, 1.82) is 0 Å². The molecule has 4 rings (SSSR count). The van der Waals surface area contributed by atoms with Gasteiger partial charge in [0.25, 0.3) is 11.8 Å². The molecule has 0 atom stereocenters. The monoisotopic (exact) mass is 410 g/mol. The standard InChI is InChI=1S/C23H26N2O3S/c1-17-6-8-18(9-7-17)21(26)24-12-10-23(11-13-24)25(14-15-29-23)22(27)19-4-3-5-20(16-19)28-2/h3-9,16H,10-15H2,1-2H3. The predicted octanol–water partition coefficient (Wildman–Crippen LogP) is 3.83. The molecule has 6 heteroatoms. The number of likely N-dealkylation sites (tertiary alicyclic amines) is 1. The lowest BCUT2D eigenvalue weighted by Gasteiger charge is -2.44. The molecule has 0 saturated carbocycles. The van der Waals surface area contributed by atoms with E-state index in [0.717, 1.165) is 36.3 Å². The summed E-state index contributed by atoms with van der Waals surface area (Å²) in [5, 5.41) is 0. The molecule has 0 radical (unpaired) electrons. The highest BCUT2D eigenvalue weighted by molar-refractivity contribution is 8.00. The summed E-state index contributed by atoms with van der Waals surface area (Å²) in [4.78, 5) is 29.8. The van der Waals surface area contributed by atoms with Crippen LogP contribution in [0.1, 0.15) is 39.1 Å². The van der Waals surface area contributed by atoms with Gasteiger partial charge in [0.05, 0.1) is 12.0 Å². The molecule has 2 aromatic carbocycles. The fourth-order valence-electron chi connectivity index (χ4n) is 4.16. The summed E-state index contributed by atoms with van der Waals surface area (Å²) in [6.07, 6.45) is 1.59. The van der Waals surface area contributed by atoms with Gasteiger partial charge in [0.15, 0.2) is 0 Å². The molecule has 0 aliphatic carbocycles. The average Bonchev–Trinajstić information content (AvgIpc) is 3.16. The van der Waals surface area contributed by atoms with Crippen LogP contribution >= 0.6 is 11.8 Å². The zero-order chi connectivity index (χ0) is 20.4. The number of hydrogen-bond acceptors (Lipinski definition) is 4. The number of amides is 2. The smallest absolute Gasteiger partial charge is 0.255 e. The minimum Gasteiger partial charge on any atom is -0.497 e. The number of ether oxygens (including phenoxy) is 1. The lowest BCUT2D eigenvalue weighted by molar-refractivity contribution is 0.0497. The third kappa shape index (κ3) is 3.86. The highest BCUT2D eigenvalue weighted by Crippen LogP contribution is 2.44. The van der Waals surface area contributed by atoms with Gasteiger partial charge in [-0.3, -0.25) is 9.59 Å². The van der Waals surface area contributed by atoms with Gasteiger partial charge in [0, 0.05) is 36.5 Å². The van der Waals surface area contributed by atoms with E-state index in [9.17, 15) is 9.59 Å². The van der Waals surface area contributed by atoms with Crippen LogP contribution in [0.4, 0.5) is 0 Å². The molecular weight excluding hydrogens is 384 g/mol. The lowest BCUT2D eigenvalue weighted by atomic mass is 10.00. The van der Waals surface area contributed by atoms with Crippen LogP contribution in [-0.4, -0.2) is 59.0 Å². The summed E-state index contributed by atoms with van der Waals surface area (Å²) in [7, 11) is 1.61. The summed E-state index contributed by atoms with van der Waals surface area (Å²) >= 11 is 1.85. The van der Waals surface area contributed by atoms with Crippen LogP contribution in [0.25, 0.3) is 0 Å². The first-order valence-corrected chi connectivity index (χ1v) is 11.0. The maximum Gasteiger partial charge on any atom is 0.255 e. The van der Waals surface area contributed by atoms with Crippen LogP contribution in [0.2, 0.25) is 0 Å². The average molecular weight is 411 g/mol. The molecule has 2 fully saturated rings. The van der Waals surface area contributed by atoms with Gasteiger partial charge in [0.2, 0.25) is 0 Å². The quantitative estimate of drug-likeness (QED) is 0.772. The molecule has 0 aromatic heterocycles. The molecule has 1 spiro atoms. The second kappa shape index (κ2) is 8.11. The number of benzene rings is 2. The van der Waals surface area contributed by atoms with Crippen molar-refractivity contribution in [2.24, 2.45) is 0 Å². The molecular formula is C23H26N2O3S. The number of nitrogens with zero attached hydrogens (tertiary/aromatic N) is 2. The van der Waals surface area contributed by atoms with Crippen LogP contribution in [0.5, 0.6) is 5.75 Å². The highest BCUT2D eigenvalue weighted by Gasteiger charge is 2.47. The Morgan fingerprint density at radius 3 is 2.38 bits per heavy atom. The second-order valence-electron chi connectivity index (χ2n) is 7.64. The molecule has 2 aliphatic heterocycles. The molecule has 29 heavy (non-hydrogen) atoms. The van der Waals surface area contributed by atoms with Gasteiger partial charge in [-0.15, -0.1) is 11.8 Å². The molecule has 2 saturated heterocycles. The number of carbonyl (C=O) groups excluding carboxylic acids is 2. The SMILES string of the molecule is COc1cccc(C(=O)N2CCSC23CCN(C(=O)c2ccc(C)cc2)CC3)c1. The normalized spacial score (nSPS) is 18.1. The summed E-state index contributed by atoms with van der Waals surface area (Å²) in [6.45, 7) is 4.10. The number of rotatable bonds is 3. The van der Waals surface area contributed by atoms with Crippen LogP contribution in [0, 0.1) is 6.92 Å². The molecule has 152 valence electrons. The van der Waals surface area contributed by atoms with E-state index in [1.807, 2.05) is 71.0 Å². The Morgan fingerprint density at radius 2 is 1.69 bits per heavy atom. The highest BCUT2D eigenvalue weighted by atomic mass is 32.2. The predicted molar refractivity (Wildman–Crippen MR) is 116 cm³/mol. The van der Waals surface area contributed by atoms with Gasteiger partial charge < -0.3 is 14.5 Å². The minimum absolute atomic E-state index is 0.0483. The Morgan fingerprint density at radius 1 is 0.966 bits per heavy atom. The number of piperidine rings is 1. The first-order valence-electron chi connectivity index (χ1n) is 9.98. The van der Waals surface area contributed by atoms with E-state index in [0.29, 0.717) is 24.4 Å². The summed E-state index contributed by atoms with van der Waals surface area (Å²) < 4.78 is 5.27. The first kappa shape index (κ1) is 19.8. The van der Waals surface area contributed by atoms with Crippen molar-refractivity contribution < 1.29 is 14.3 Å². The van der Waals surface area contributed by atoms with Crippen LogP contribution < -0.4 is 4.74 Å². The van der Waals surface area contributed by atoms with Crippen molar-refractivity contribution in [3.05, 3.63) is 65.2 Å². The Balaban J connectivity index is 1.47. The topological polar surface area (TPSA) is 49.9 Å². The van der Waals surface area contributed by atoms with Gasteiger partial charge in [-0.1, -0.05) is 23.8 Å². The number of thioether (sulfide) groups is 1. The second-order valence-corrected chi connectivity index (χ2v) is 9.10. The number of methoxy groups -OCH3 is 1. The maximum atomic E-state index is 13.2. The van der Waals surface area contributed by atoms with E-state index >= 15 is 0 Å². The van der Waals surface area contributed by atoms with Crippen molar-refractivity contribution >= 4 is 23.6 Å². The summed E-state index contributed by atoms with van der Waals surface area (Å²) in [5.74, 6) is 1.75. The van der Waals surface area contributed by atoms with Gasteiger partial charge in [-0.05, 0) is 50.1 Å². The maximum absolute atomic E-state index is 13.2. The fourth-order valence-corrected chi connectivity index (χ4v) is 5.61. The van der Waals surface area contributed by atoms with Crippen LogP contribution in [0.3, 0.4) is 0 Å². The molecule has 2 amide bonds. The number of carbonyl (C=O) groups is 2. The van der Waals surface area contributed by atoms with Crippen molar-refractivity contribution in [3.8, 4) is 5.75 Å². The van der Waals surface area contributed by atoms with Crippen molar-refractivity contribution in [3.63, 3.8) is 0 Å². The molecule has 0 bridgehead atoms. The molecule has 2 aliphatic rings. The van der Waals surface area contributed by atoms with Crippen molar-refractivity contribution in [1.82, 2.24) is 9.80 Å². The number of hydrogen-bond donors (Lipinski definition) is 0. The van der Waals surface area contributed by atoms with E-state index < -0.39 is 0 Å². The third-order valence-electron chi connectivity index (χ3n) is 5.87. The van der Waals surface area contributed by atoms with Crippen LogP contribution in [-0.2, 0) is 0 Å². The first-order chi connectivity index (χ1) is 14.0. The van der Waals surface area contributed by atoms with Gasteiger partial charge in [-0.2, -0.15) is 0 Å². The molecule has 0 unspecified atom stereocenters. The molecule has 5 nitrogen and oxygen atoms in total. The zero-order valence-electron chi connectivity index (χ0n) is 16.9. The Labute approximate surface area is 176 Å². The van der Waals surface area contributed by atoms with E-state index in [1.165, 1.54) is 0 Å². The van der Waals surface area contributed by atoms with Crippen molar-refractivity contribution in [2.45, 2.75) is 24.6 Å². The van der Waals surface area contributed by atoms with Crippen molar-refractivity contribution in [2.75, 3.05) is 32.5 Å². The van der Waals surface area contributed by atoms with E-state index in [1.54, 1.807) is 13.2 Å². The Kier molecular flexibility index (Phi) is 5.54. The lowest BCUT2D eigenvalue weighted by Crippen LogP contribution is -2.53. The van der Waals surface area contributed by atoms with Crippen LogP contribution in [0.15, 0.2) is 48.5 Å². The van der Waals surface area contributed by atoms with Gasteiger partial charge in [-0.25, -0.2) is 0 Å². The van der Waals surface area contributed by atoms with E-state index in [-0.39, 0.29) is 16.7 Å². The number of aryl methyl sites for hydroxylation is 1. The zero-order valence-corrected chi connectivity index (χ0v) is 17.7. The molecule has 2 aromatic rings. The molecule has 2 heterocycles.